The minimum atomic E-state index is -4.50. The van der Waals surface area contributed by atoms with Gasteiger partial charge >= 0.3 is 12.2 Å². The lowest BCUT2D eigenvalue weighted by atomic mass is 10.1. The van der Waals surface area contributed by atoms with Gasteiger partial charge in [-0.1, -0.05) is 37.9 Å². The van der Waals surface area contributed by atoms with Crippen LogP contribution in [0, 0.1) is 0 Å². The predicted octanol–water partition coefficient (Wildman–Crippen LogP) is 3.25. The number of rotatable bonds is 1. The van der Waals surface area contributed by atoms with Gasteiger partial charge < -0.3 is 0 Å². The highest BCUT2D eigenvalue weighted by molar-refractivity contribution is 9.26. The van der Waals surface area contributed by atoms with Crippen LogP contribution in [0.4, 0.5) is 23.7 Å². The summed E-state index contributed by atoms with van der Waals surface area (Å²) in [5.41, 5.74) is -0.817. The van der Waals surface area contributed by atoms with Crippen LogP contribution in [-0.4, -0.2) is 21.7 Å². The highest BCUT2D eigenvalue weighted by Crippen LogP contribution is 2.35. The highest BCUT2D eigenvalue weighted by Gasteiger charge is 2.43. The summed E-state index contributed by atoms with van der Waals surface area (Å²) in [6.07, 6.45) is -4.50. The zero-order valence-electron chi connectivity index (χ0n) is 9.67. The van der Waals surface area contributed by atoms with Gasteiger partial charge in [-0.3, -0.25) is 15.0 Å². The van der Waals surface area contributed by atoms with Gasteiger partial charge in [-0.2, -0.15) is 13.2 Å². The Morgan fingerprint density at radius 2 is 1.90 bits per heavy atom. The lowest BCUT2D eigenvalue weighted by Gasteiger charge is -2.34. The molecule has 1 aliphatic rings. The number of hydrogen-bond acceptors (Lipinski definition) is 2. The molecule has 1 heterocycles. The van der Waals surface area contributed by atoms with Crippen LogP contribution >= 0.6 is 31.9 Å². The van der Waals surface area contributed by atoms with E-state index < -0.39 is 26.9 Å². The number of nitrogens with zero attached hydrogens (tertiary/aromatic N) is 1. The molecule has 0 atom stereocenters. The Morgan fingerprint density at radius 3 is 2.50 bits per heavy atom. The second-order valence-corrected chi connectivity index (χ2v) is 7.87. The number of urea groups is 1. The largest absolute Gasteiger partial charge is 0.416 e. The second-order valence-electron chi connectivity index (χ2n) is 4.10. The van der Waals surface area contributed by atoms with Crippen LogP contribution in [0.2, 0.25) is 0 Å². The number of benzene rings is 1. The maximum atomic E-state index is 12.7. The Balaban J connectivity index is 2.36. The van der Waals surface area contributed by atoms with Crippen molar-refractivity contribution in [3.63, 3.8) is 0 Å². The van der Waals surface area contributed by atoms with Crippen LogP contribution in [0.25, 0.3) is 0 Å². The van der Waals surface area contributed by atoms with Gasteiger partial charge in [-0.05, 0) is 18.2 Å². The molecular formula is C11H7Br2F3N2O2. The number of hydrogen-bond donors (Lipinski definition) is 1. The standard InChI is InChI=1S/C11H7Br2F3N2O2/c12-10(13)5-18(9(20)17-8(10)19)7-3-1-2-6(4-7)11(14,15)16/h1-4H,5H2,(H,17,19,20). The van der Waals surface area contributed by atoms with Crippen molar-refractivity contribution in [1.29, 1.82) is 0 Å². The summed E-state index contributed by atoms with van der Waals surface area (Å²) in [6.45, 7) is -0.140. The number of anilines is 1. The molecule has 9 heteroatoms. The van der Waals surface area contributed by atoms with E-state index in [1.165, 1.54) is 12.1 Å². The Labute approximate surface area is 128 Å². The van der Waals surface area contributed by atoms with Crippen LogP contribution in [0.3, 0.4) is 0 Å². The molecule has 0 saturated carbocycles. The average molecular weight is 416 g/mol. The summed E-state index contributed by atoms with van der Waals surface area (Å²) in [6, 6.07) is 3.55. The maximum Gasteiger partial charge on any atom is 0.416 e. The van der Waals surface area contributed by atoms with E-state index in [2.05, 4.69) is 31.9 Å². The Morgan fingerprint density at radius 1 is 1.25 bits per heavy atom. The molecular weight excluding hydrogens is 409 g/mol. The van der Waals surface area contributed by atoms with Crippen molar-refractivity contribution in [3.8, 4) is 0 Å². The van der Waals surface area contributed by atoms with Gasteiger partial charge in [0.2, 0.25) is 0 Å². The SMILES string of the molecule is O=C1NC(=O)C(Br)(Br)CN1c1cccc(C(F)(F)F)c1. The summed E-state index contributed by atoms with van der Waals surface area (Å²) in [7, 11) is 0. The smallest absolute Gasteiger partial charge is 0.291 e. The number of halogens is 5. The third-order valence-corrected chi connectivity index (χ3v) is 3.86. The first kappa shape index (κ1) is 15.3. The molecule has 1 fully saturated rings. The molecule has 3 amide bonds. The molecule has 0 aromatic heterocycles. The highest BCUT2D eigenvalue weighted by atomic mass is 79.9. The van der Waals surface area contributed by atoms with E-state index >= 15 is 0 Å². The normalized spacial score (nSPS) is 18.9. The molecule has 20 heavy (non-hydrogen) atoms. The van der Waals surface area contributed by atoms with Crippen molar-refractivity contribution in [3.05, 3.63) is 29.8 Å². The molecule has 1 N–H and O–H groups in total. The van der Waals surface area contributed by atoms with Crippen molar-refractivity contribution < 1.29 is 22.8 Å². The molecule has 4 nitrogen and oxygen atoms in total. The van der Waals surface area contributed by atoms with E-state index in [-0.39, 0.29) is 12.2 Å². The van der Waals surface area contributed by atoms with E-state index in [9.17, 15) is 22.8 Å². The van der Waals surface area contributed by atoms with Crippen molar-refractivity contribution in [2.24, 2.45) is 0 Å². The molecule has 1 saturated heterocycles. The van der Waals surface area contributed by atoms with Crippen LogP contribution < -0.4 is 10.2 Å². The van der Waals surface area contributed by atoms with Crippen LogP contribution in [0.1, 0.15) is 5.56 Å². The van der Waals surface area contributed by atoms with Crippen molar-refractivity contribution >= 4 is 49.5 Å². The fraction of sp³-hybridized carbons (Fsp3) is 0.273. The van der Waals surface area contributed by atoms with Gasteiger partial charge in [0.05, 0.1) is 12.1 Å². The maximum absolute atomic E-state index is 12.7. The zero-order chi connectivity index (χ0) is 15.1. The number of alkyl halides is 5. The predicted molar refractivity (Wildman–Crippen MR) is 72.9 cm³/mol. The van der Waals surface area contributed by atoms with Gasteiger partial charge in [0.25, 0.3) is 5.91 Å². The lowest BCUT2D eigenvalue weighted by Crippen LogP contribution is -2.59. The molecule has 0 bridgehead atoms. The molecule has 1 aromatic rings. The van der Waals surface area contributed by atoms with Gasteiger partial charge in [-0.15, -0.1) is 0 Å². The molecule has 1 aliphatic heterocycles. The van der Waals surface area contributed by atoms with Gasteiger partial charge in [0.1, 0.15) is 0 Å². The summed E-state index contributed by atoms with van der Waals surface area (Å²) >= 11 is 6.14. The van der Waals surface area contributed by atoms with Crippen molar-refractivity contribution in [2.45, 2.75) is 9.41 Å². The van der Waals surface area contributed by atoms with Gasteiger partial charge in [-0.25, -0.2) is 4.79 Å². The van der Waals surface area contributed by atoms with Crippen LogP contribution in [0.5, 0.6) is 0 Å². The average Bonchev–Trinajstić information content (AvgIpc) is 2.33. The molecule has 0 aliphatic carbocycles. The first-order valence-corrected chi connectivity index (χ1v) is 6.88. The van der Waals surface area contributed by atoms with Crippen molar-refractivity contribution in [1.82, 2.24) is 5.32 Å². The third kappa shape index (κ3) is 2.98. The first-order chi connectivity index (χ1) is 9.11. The Bertz CT molecular complexity index is 575. The summed E-state index contributed by atoms with van der Waals surface area (Å²) < 4.78 is 36.7. The van der Waals surface area contributed by atoms with Crippen LogP contribution in [0.15, 0.2) is 24.3 Å². The lowest BCUT2D eigenvalue weighted by molar-refractivity contribution is -0.137. The first-order valence-electron chi connectivity index (χ1n) is 5.29. The number of nitrogens with one attached hydrogen (secondary N) is 1. The monoisotopic (exact) mass is 414 g/mol. The third-order valence-electron chi connectivity index (χ3n) is 2.64. The van der Waals surface area contributed by atoms with Crippen molar-refractivity contribution in [2.75, 3.05) is 11.4 Å². The van der Waals surface area contributed by atoms with Gasteiger partial charge in [0.15, 0.2) is 3.23 Å². The number of amides is 3. The van der Waals surface area contributed by atoms with E-state index in [4.69, 9.17) is 0 Å². The molecule has 108 valence electrons. The minimum absolute atomic E-state index is 0.0492. The zero-order valence-corrected chi connectivity index (χ0v) is 12.8. The summed E-state index contributed by atoms with van der Waals surface area (Å²) in [5.74, 6) is -0.606. The van der Waals surface area contributed by atoms with Crippen LogP contribution in [-0.2, 0) is 11.0 Å². The molecule has 0 radical (unpaired) electrons. The number of imide groups is 1. The molecule has 1 aromatic carbocycles. The number of carbonyl (C=O) groups excluding carboxylic acids is 2. The Hall–Kier alpha value is -1.09. The van der Waals surface area contributed by atoms with E-state index in [0.29, 0.717) is 0 Å². The van der Waals surface area contributed by atoms with E-state index in [1.54, 1.807) is 0 Å². The summed E-state index contributed by atoms with van der Waals surface area (Å²) in [4.78, 5) is 24.3. The van der Waals surface area contributed by atoms with E-state index in [1.807, 2.05) is 5.32 Å². The fourth-order valence-corrected chi connectivity index (χ4v) is 2.36. The molecule has 2 rings (SSSR count). The number of carbonyl (C=O) groups is 2. The van der Waals surface area contributed by atoms with E-state index in [0.717, 1.165) is 17.0 Å². The quantitative estimate of drug-likeness (QED) is 0.716. The van der Waals surface area contributed by atoms with Gasteiger partial charge in [0, 0.05) is 5.69 Å². The summed E-state index contributed by atoms with van der Waals surface area (Å²) in [5, 5.41) is 2.05. The molecule has 0 spiro atoms. The minimum Gasteiger partial charge on any atom is -0.291 e. The topological polar surface area (TPSA) is 49.4 Å². The second kappa shape index (κ2) is 5.03. The Kier molecular flexibility index (Phi) is 3.85. The fourth-order valence-electron chi connectivity index (χ4n) is 1.66. The molecule has 0 unspecified atom stereocenters.